The Morgan fingerprint density at radius 3 is 2.27 bits per heavy atom. The zero-order chi connectivity index (χ0) is 31.9. The molecule has 0 radical (unpaired) electrons. The van der Waals surface area contributed by atoms with Gasteiger partial charge in [-0.3, -0.25) is 14.6 Å². The van der Waals surface area contributed by atoms with E-state index in [1.165, 1.54) is 12.4 Å². The second-order valence-electron chi connectivity index (χ2n) is 14.1. The van der Waals surface area contributed by atoms with Gasteiger partial charge in [0.25, 0.3) is 5.91 Å². The minimum Gasteiger partial charge on any atom is -0.338 e. The second-order valence-corrected chi connectivity index (χ2v) is 16.3. The van der Waals surface area contributed by atoms with Crippen LogP contribution < -0.4 is 0 Å². The van der Waals surface area contributed by atoms with Crippen LogP contribution in [0.5, 0.6) is 0 Å². The molecule has 4 aliphatic rings. The molecule has 3 saturated heterocycles. The van der Waals surface area contributed by atoms with Crippen molar-refractivity contribution in [3.05, 3.63) is 58.9 Å². The summed E-state index contributed by atoms with van der Waals surface area (Å²) in [6.07, 6.45) is 7.54. The predicted octanol–water partition coefficient (Wildman–Crippen LogP) is 4.57. The van der Waals surface area contributed by atoms with Crippen LogP contribution in [0, 0.1) is 25.6 Å². The number of carbonyl (C=O) groups excluding carboxylic acids is 1. The highest BCUT2D eigenvalue weighted by molar-refractivity contribution is 7.90. The van der Waals surface area contributed by atoms with E-state index >= 15 is 0 Å². The van der Waals surface area contributed by atoms with Crippen LogP contribution in [0.1, 0.15) is 92.1 Å². The summed E-state index contributed by atoms with van der Waals surface area (Å²) < 4.78 is 41.8. The number of amides is 1. The fraction of sp³-hybridized carbons (Fsp3) is 0.676. The molecule has 4 fully saturated rings. The number of carbonyl (C=O) groups is 1. The zero-order valence-corrected chi connectivity index (χ0v) is 28.1. The molecule has 1 aromatic heterocycles. The Bertz CT molecular complexity index is 1460. The Morgan fingerprint density at radius 1 is 1.00 bits per heavy atom. The molecule has 0 bridgehead atoms. The van der Waals surface area contributed by atoms with Gasteiger partial charge in [-0.1, -0.05) is 12.1 Å². The number of nitrogens with zero attached hydrogens (tertiary/aromatic N) is 6. The summed E-state index contributed by atoms with van der Waals surface area (Å²) in [6, 6.07) is 7.41. The van der Waals surface area contributed by atoms with Crippen LogP contribution in [0.15, 0.2) is 30.6 Å². The van der Waals surface area contributed by atoms with Crippen molar-refractivity contribution in [3.63, 3.8) is 0 Å². The Morgan fingerprint density at radius 2 is 1.67 bits per heavy atom. The quantitative estimate of drug-likeness (QED) is 0.418. The van der Waals surface area contributed by atoms with Crippen molar-refractivity contribution in [3.8, 4) is 0 Å². The van der Waals surface area contributed by atoms with Crippen molar-refractivity contribution in [1.29, 1.82) is 0 Å². The molecule has 1 aliphatic carbocycles. The molecule has 6 rings (SSSR count). The normalized spacial score (nSPS) is 24.9. The predicted molar refractivity (Wildman–Crippen MR) is 173 cm³/mol. The summed E-state index contributed by atoms with van der Waals surface area (Å²) in [5.41, 5.74) is 3.10. The molecule has 1 amide bonds. The summed E-state index contributed by atoms with van der Waals surface area (Å²) in [5.74, 6) is 0.214. The molecule has 2 aromatic rings. The second kappa shape index (κ2) is 13.0. The van der Waals surface area contributed by atoms with Crippen molar-refractivity contribution in [2.24, 2.45) is 5.92 Å². The van der Waals surface area contributed by atoms with Crippen LogP contribution in [0.3, 0.4) is 0 Å². The Balaban J connectivity index is 1.10. The summed E-state index contributed by atoms with van der Waals surface area (Å²) in [4.78, 5) is 29.0. The largest absolute Gasteiger partial charge is 0.338 e. The highest BCUT2D eigenvalue weighted by Crippen LogP contribution is 2.39. The van der Waals surface area contributed by atoms with Gasteiger partial charge in [-0.25, -0.2) is 27.1 Å². The minimum absolute atomic E-state index is 0.00262. The van der Waals surface area contributed by atoms with Crippen LogP contribution in [-0.2, 0) is 10.0 Å². The van der Waals surface area contributed by atoms with E-state index in [9.17, 15) is 17.6 Å². The third-order valence-electron chi connectivity index (χ3n) is 11.1. The average molecular weight is 641 g/mol. The fourth-order valence-electron chi connectivity index (χ4n) is 7.96. The lowest BCUT2D eigenvalue weighted by atomic mass is 9.84. The van der Waals surface area contributed by atoms with Crippen molar-refractivity contribution in [1.82, 2.24) is 29.0 Å². The van der Waals surface area contributed by atoms with Gasteiger partial charge in [-0.2, -0.15) is 0 Å². The van der Waals surface area contributed by atoms with E-state index in [1.807, 2.05) is 24.8 Å². The summed E-state index contributed by atoms with van der Waals surface area (Å²) in [6.45, 7) is 13.7. The van der Waals surface area contributed by atoms with E-state index < -0.39 is 10.0 Å². The van der Waals surface area contributed by atoms with Crippen LogP contribution in [0.2, 0.25) is 0 Å². The summed E-state index contributed by atoms with van der Waals surface area (Å²) in [7, 11) is -3.14. The van der Waals surface area contributed by atoms with E-state index in [2.05, 4.69) is 39.7 Å². The molecule has 11 heteroatoms. The number of hydrogen-bond acceptors (Lipinski definition) is 7. The number of aryl methyl sites for hydroxylation is 2. The molecular weight excluding hydrogens is 591 g/mol. The smallest absolute Gasteiger partial charge is 0.257 e. The summed E-state index contributed by atoms with van der Waals surface area (Å²) in [5, 5.41) is -0.160. The third-order valence-corrected chi connectivity index (χ3v) is 13.5. The van der Waals surface area contributed by atoms with Gasteiger partial charge in [0.1, 0.15) is 12.1 Å². The SMILES string of the molecule is Cc1ncnc(C)c1C(=O)N1CCC(C)(N2CCN(C(CC3CCN(S(=O)(=O)C4CC4)CC3)c3cccc(F)c3)C(C)C2)CC1. The van der Waals surface area contributed by atoms with Crippen LogP contribution in [-0.4, -0.2) is 106 Å². The number of piperazine rings is 1. The van der Waals surface area contributed by atoms with Crippen molar-refractivity contribution in [2.45, 2.75) is 95.5 Å². The number of likely N-dealkylation sites (tertiary alicyclic amines) is 1. The topological polar surface area (TPSA) is 90.0 Å². The van der Waals surface area contributed by atoms with Crippen LogP contribution in [0.4, 0.5) is 4.39 Å². The zero-order valence-electron chi connectivity index (χ0n) is 27.3. The van der Waals surface area contributed by atoms with Gasteiger partial charge in [0.05, 0.1) is 22.2 Å². The molecule has 0 spiro atoms. The molecule has 246 valence electrons. The van der Waals surface area contributed by atoms with E-state index in [-0.39, 0.29) is 34.6 Å². The average Bonchev–Trinajstić information content (AvgIpc) is 3.87. The first-order chi connectivity index (χ1) is 21.5. The van der Waals surface area contributed by atoms with E-state index in [1.54, 1.807) is 10.4 Å². The van der Waals surface area contributed by atoms with Gasteiger partial charge in [-0.15, -0.1) is 0 Å². The molecule has 9 nitrogen and oxygen atoms in total. The lowest BCUT2D eigenvalue weighted by molar-refractivity contribution is -0.0340. The van der Waals surface area contributed by atoms with Gasteiger partial charge in [0.15, 0.2) is 0 Å². The van der Waals surface area contributed by atoms with Crippen LogP contribution in [0.25, 0.3) is 0 Å². The third kappa shape index (κ3) is 6.82. The number of halogens is 1. The first kappa shape index (κ1) is 32.5. The fourth-order valence-corrected chi connectivity index (χ4v) is 9.84. The molecule has 0 N–H and O–H groups in total. The standard InChI is InChI=1S/C34H49FN6O3S/c1-24-22-39(34(4)12-16-38(17-13-34)33(42)32-25(2)36-23-37-26(32)3)18-19-41(24)31(28-6-5-7-29(35)21-28)20-27-10-14-40(15-11-27)45(43,44)30-8-9-30/h5-7,21,23-24,27,30-31H,8-20,22H2,1-4H3. The lowest BCUT2D eigenvalue weighted by Gasteiger charge is -2.53. The number of aromatic nitrogens is 2. The van der Waals surface area contributed by atoms with Crippen molar-refractivity contribution >= 4 is 15.9 Å². The highest BCUT2D eigenvalue weighted by Gasteiger charge is 2.43. The Hall–Kier alpha value is -2.47. The maximum Gasteiger partial charge on any atom is 0.257 e. The molecular formula is C34H49FN6O3S. The van der Waals surface area contributed by atoms with E-state index in [0.717, 1.165) is 81.5 Å². The van der Waals surface area contributed by atoms with Gasteiger partial charge in [0, 0.05) is 63.4 Å². The lowest BCUT2D eigenvalue weighted by Crippen LogP contribution is -2.62. The van der Waals surface area contributed by atoms with Crippen molar-refractivity contribution in [2.75, 3.05) is 45.8 Å². The first-order valence-corrected chi connectivity index (χ1v) is 18.3. The van der Waals surface area contributed by atoms with Gasteiger partial charge < -0.3 is 4.90 Å². The number of benzene rings is 1. The molecule has 4 heterocycles. The number of sulfonamides is 1. The molecule has 3 aliphatic heterocycles. The van der Waals surface area contributed by atoms with Gasteiger partial charge in [0.2, 0.25) is 10.0 Å². The first-order valence-electron chi connectivity index (χ1n) is 16.8. The van der Waals surface area contributed by atoms with E-state index in [0.29, 0.717) is 37.7 Å². The minimum atomic E-state index is -3.14. The molecule has 2 atom stereocenters. The number of piperidine rings is 2. The highest BCUT2D eigenvalue weighted by atomic mass is 32.2. The van der Waals surface area contributed by atoms with Gasteiger partial charge in [-0.05, 0) is 96.3 Å². The number of hydrogen-bond donors (Lipinski definition) is 0. The molecule has 1 aromatic carbocycles. The Kier molecular flexibility index (Phi) is 9.36. The van der Waals surface area contributed by atoms with Crippen LogP contribution >= 0.6 is 0 Å². The Labute approximate surface area is 268 Å². The number of rotatable bonds is 8. The molecule has 45 heavy (non-hydrogen) atoms. The van der Waals surface area contributed by atoms with E-state index in [4.69, 9.17) is 0 Å². The van der Waals surface area contributed by atoms with Crippen molar-refractivity contribution < 1.29 is 17.6 Å². The maximum absolute atomic E-state index is 14.5. The molecule has 2 unspecified atom stereocenters. The monoisotopic (exact) mass is 640 g/mol. The maximum atomic E-state index is 14.5. The summed E-state index contributed by atoms with van der Waals surface area (Å²) >= 11 is 0. The van der Waals surface area contributed by atoms with Gasteiger partial charge >= 0.3 is 0 Å². The molecule has 1 saturated carbocycles.